The van der Waals surface area contributed by atoms with Crippen LogP contribution >= 0.6 is 0 Å². The van der Waals surface area contributed by atoms with E-state index in [1.54, 1.807) is 18.3 Å². The lowest BCUT2D eigenvalue weighted by Gasteiger charge is -2.33. The Labute approximate surface area is 125 Å². The topological polar surface area (TPSA) is 112 Å². The number of amides is 1. The number of benzene rings is 1. The van der Waals surface area contributed by atoms with E-state index in [1.165, 1.54) is 12.3 Å². The fraction of sp³-hybridized carbons (Fsp3) is 0.286. The van der Waals surface area contributed by atoms with Gasteiger partial charge in [0.1, 0.15) is 0 Å². The van der Waals surface area contributed by atoms with E-state index in [9.17, 15) is 14.9 Å². The summed E-state index contributed by atoms with van der Waals surface area (Å²) in [5, 5.41) is 12.3. The number of carbonyl (C=O) groups excluding carboxylic acids is 1. The second-order valence-electron chi connectivity index (χ2n) is 4.99. The number of nitrogens with two attached hydrogens (primary N) is 1. The predicted octanol–water partition coefficient (Wildman–Crippen LogP) is 0.833. The Morgan fingerprint density at radius 1 is 1.41 bits per heavy atom. The largest absolute Gasteiger partial charge is 0.367 e. The molecule has 1 aromatic heterocycles. The summed E-state index contributed by atoms with van der Waals surface area (Å²) in [6.45, 7) is 1.28. The number of non-ortho nitro benzene ring substituents is 1. The fourth-order valence-corrected chi connectivity index (χ4v) is 2.63. The SMILES string of the molecule is NC(=O)C1CN(c2ccc([N+](=O)[O-])c3cnccc23)CCO1. The lowest BCUT2D eigenvalue weighted by atomic mass is 10.1. The number of pyridine rings is 1. The van der Waals surface area contributed by atoms with Crippen LogP contribution < -0.4 is 10.6 Å². The molecule has 8 nitrogen and oxygen atoms in total. The van der Waals surface area contributed by atoms with E-state index in [0.717, 1.165) is 5.69 Å². The van der Waals surface area contributed by atoms with Crippen LogP contribution in [0.5, 0.6) is 0 Å². The third kappa shape index (κ3) is 2.44. The summed E-state index contributed by atoms with van der Waals surface area (Å²) in [4.78, 5) is 27.9. The molecule has 0 aliphatic carbocycles. The zero-order valence-electron chi connectivity index (χ0n) is 11.6. The van der Waals surface area contributed by atoms with Crippen molar-refractivity contribution in [2.75, 3.05) is 24.6 Å². The van der Waals surface area contributed by atoms with E-state index in [1.807, 2.05) is 4.90 Å². The minimum atomic E-state index is -0.680. The molecule has 0 radical (unpaired) electrons. The lowest BCUT2D eigenvalue weighted by Crippen LogP contribution is -2.48. The van der Waals surface area contributed by atoms with Gasteiger partial charge in [-0.1, -0.05) is 0 Å². The van der Waals surface area contributed by atoms with Crippen LogP contribution in [0.4, 0.5) is 11.4 Å². The first-order chi connectivity index (χ1) is 10.6. The highest BCUT2D eigenvalue weighted by molar-refractivity contribution is 5.99. The molecule has 0 spiro atoms. The maximum Gasteiger partial charge on any atom is 0.278 e. The van der Waals surface area contributed by atoms with Crippen LogP contribution in [0.15, 0.2) is 30.6 Å². The average Bonchev–Trinajstić information content (AvgIpc) is 2.53. The van der Waals surface area contributed by atoms with E-state index in [0.29, 0.717) is 30.5 Å². The van der Waals surface area contributed by atoms with Crippen LogP contribution in [-0.2, 0) is 9.53 Å². The van der Waals surface area contributed by atoms with Crippen LogP contribution in [0.25, 0.3) is 10.8 Å². The summed E-state index contributed by atoms with van der Waals surface area (Å²) in [5.41, 5.74) is 6.10. The van der Waals surface area contributed by atoms with Crippen molar-refractivity contribution in [3.05, 3.63) is 40.7 Å². The van der Waals surface area contributed by atoms with Gasteiger partial charge in [0.25, 0.3) is 5.69 Å². The minimum Gasteiger partial charge on any atom is -0.367 e. The van der Waals surface area contributed by atoms with E-state index in [2.05, 4.69) is 4.98 Å². The van der Waals surface area contributed by atoms with Gasteiger partial charge >= 0.3 is 0 Å². The second kappa shape index (κ2) is 5.57. The number of nitrogens with zero attached hydrogens (tertiary/aromatic N) is 3. The Kier molecular flexibility index (Phi) is 3.60. The minimum absolute atomic E-state index is 0.00607. The van der Waals surface area contributed by atoms with Crippen molar-refractivity contribution in [2.24, 2.45) is 5.73 Å². The molecule has 1 amide bonds. The number of aromatic nitrogens is 1. The number of fused-ring (bicyclic) bond motifs is 1. The number of rotatable bonds is 3. The number of carbonyl (C=O) groups is 1. The highest BCUT2D eigenvalue weighted by Crippen LogP contribution is 2.33. The highest BCUT2D eigenvalue weighted by atomic mass is 16.6. The third-order valence-corrected chi connectivity index (χ3v) is 3.69. The molecule has 1 aromatic carbocycles. The Morgan fingerprint density at radius 3 is 2.95 bits per heavy atom. The van der Waals surface area contributed by atoms with Crippen LogP contribution in [-0.4, -0.2) is 41.6 Å². The number of ether oxygens (including phenoxy) is 1. The molecular weight excluding hydrogens is 288 g/mol. The van der Waals surface area contributed by atoms with Crippen molar-refractivity contribution in [3.63, 3.8) is 0 Å². The number of hydrogen-bond acceptors (Lipinski definition) is 6. The number of hydrogen-bond donors (Lipinski definition) is 1. The number of anilines is 1. The van der Waals surface area contributed by atoms with Gasteiger partial charge in [-0.15, -0.1) is 0 Å². The van der Waals surface area contributed by atoms with Crippen LogP contribution in [0.1, 0.15) is 0 Å². The molecule has 114 valence electrons. The Balaban J connectivity index is 2.06. The van der Waals surface area contributed by atoms with E-state index < -0.39 is 16.9 Å². The van der Waals surface area contributed by atoms with Crippen molar-refractivity contribution in [2.45, 2.75) is 6.10 Å². The number of morpholine rings is 1. The number of nitro groups is 1. The molecule has 1 aliphatic heterocycles. The first-order valence-electron chi connectivity index (χ1n) is 6.75. The predicted molar refractivity (Wildman–Crippen MR) is 79.5 cm³/mol. The normalized spacial score (nSPS) is 18.4. The number of primary amides is 1. The summed E-state index contributed by atoms with van der Waals surface area (Å²) in [6, 6.07) is 4.87. The quantitative estimate of drug-likeness (QED) is 0.664. The second-order valence-corrected chi connectivity index (χ2v) is 4.99. The zero-order chi connectivity index (χ0) is 15.7. The van der Waals surface area contributed by atoms with Crippen molar-refractivity contribution >= 4 is 28.1 Å². The first-order valence-corrected chi connectivity index (χ1v) is 6.75. The zero-order valence-corrected chi connectivity index (χ0v) is 11.6. The summed E-state index contributed by atoms with van der Waals surface area (Å²) >= 11 is 0. The molecule has 0 saturated carbocycles. The van der Waals surface area contributed by atoms with E-state index in [4.69, 9.17) is 10.5 Å². The van der Waals surface area contributed by atoms with Gasteiger partial charge in [0.2, 0.25) is 5.91 Å². The van der Waals surface area contributed by atoms with Crippen molar-refractivity contribution in [1.29, 1.82) is 0 Å². The van der Waals surface area contributed by atoms with Crippen molar-refractivity contribution < 1.29 is 14.5 Å². The van der Waals surface area contributed by atoms with Gasteiger partial charge < -0.3 is 15.4 Å². The van der Waals surface area contributed by atoms with E-state index >= 15 is 0 Å². The van der Waals surface area contributed by atoms with Crippen LogP contribution in [0, 0.1) is 10.1 Å². The molecule has 3 rings (SSSR count). The summed E-state index contributed by atoms with van der Waals surface area (Å²) in [6.07, 6.45) is 2.38. The maximum atomic E-state index is 11.3. The molecule has 1 saturated heterocycles. The first kappa shape index (κ1) is 14.2. The van der Waals surface area contributed by atoms with Gasteiger partial charge in [-0.05, 0) is 12.1 Å². The molecule has 0 bridgehead atoms. The number of nitro benzene ring substituents is 1. The standard InChI is InChI=1S/C14H14N4O4/c15-14(19)13-8-17(5-6-22-13)11-1-2-12(18(20)21)10-7-16-4-3-9(10)11/h1-4,7,13H,5-6,8H2,(H2,15,19). The monoisotopic (exact) mass is 302 g/mol. The Hall–Kier alpha value is -2.74. The molecule has 1 unspecified atom stereocenters. The third-order valence-electron chi connectivity index (χ3n) is 3.69. The molecule has 8 heteroatoms. The molecule has 22 heavy (non-hydrogen) atoms. The van der Waals surface area contributed by atoms with Gasteiger partial charge in [-0.25, -0.2) is 0 Å². The van der Waals surface area contributed by atoms with Gasteiger partial charge in [0.05, 0.1) is 23.5 Å². The maximum absolute atomic E-state index is 11.3. The van der Waals surface area contributed by atoms with Gasteiger partial charge in [-0.3, -0.25) is 19.9 Å². The summed E-state index contributed by atoms with van der Waals surface area (Å²) < 4.78 is 5.33. The molecule has 2 heterocycles. The van der Waals surface area contributed by atoms with Crippen LogP contribution in [0.3, 0.4) is 0 Å². The van der Waals surface area contributed by atoms with Gasteiger partial charge in [-0.2, -0.15) is 0 Å². The molecule has 1 fully saturated rings. The fourth-order valence-electron chi connectivity index (χ4n) is 2.63. The Morgan fingerprint density at radius 2 is 2.23 bits per heavy atom. The van der Waals surface area contributed by atoms with E-state index in [-0.39, 0.29) is 5.69 Å². The Bertz CT molecular complexity index is 749. The summed E-state index contributed by atoms with van der Waals surface area (Å²) in [5.74, 6) is -0.516. The molecular formula is C14H14N4O4. The van der Waals surface area contributed by atoms with Crippen molar-refractivity contribution in [3.8, 4) is 0 Å². The molecule has 2 aromatic rings. The lowest BCUT2D eigenvalue weighted by molar-refractivity contribution is -0.383. The average molecular weight is 302 g/mol. The van der Waals surface area contributed by atoms with Crippen molar-refractivity contribution in [1.82, 2.24) is 4.98 Å². The summed E-state index contributed by atoms with van der Waals surface area (Å²) in [7, 11) is 0. The molecule has 1 atom stereocenters. The molecule has 1 aliphatic rings. The van der Waals surface area contributed by atoms with Gasteiger partial charge in [0, 0.05) is 36.1 Å². The van der Waals surface area contributed by atoms with Gasteiger partial charge in [0.15, 0.2) is 6.10 Å². The van der Waals surface area contributed by atoms with Crippen LogP contribution in [0.2, 0.25) is 0 Å². The smallest absolute Gasteiger partial charge is 0.278 e. The highest BCUT2D eigenvalue weighted by Gasteiger charge is 2.26. The molecule has 2 N–H and O–H groups in total.